The van der Waals surface area contributed by atoms with Crippen LogP contribution in [0.25, 0.3) is 0 Å². The van der Waals surface area contributed by atoms with Gasteiger partial charge >= 0.3 is 0 Å². The Hall–Kier alpha value is -1.02. The Balaban J connectivity index is 2.26. The Morgan fingerprint density at radius 1 is 1.42 bits per heavy atom. The topological polar surface area (TPSA) is 32.3 Å². The van der Waals surface area contributed by atoms with Crippen LogP contribution in [0, 0.1) is 0 Å². The maximum absolute atomic E-state index is 8.75. The molecule has 0 unspecified atom stereocenters. The zero-order valence-electron chi connectivity index (χ0n) is 7.01. The lowest BCUT2D eigenvalue weighted by molar-refractivity contribution is 0.299. The van der Waals surface area contributed by atoms with E-state index >= 15 is 0 Å². The van der Waals surface area contributed by atoms with E-state index in [2.05, 4.69) is 23.5 Å². The highest BCUT2D eigenvalue weighted by atomic mass is 16.2. The fourth-order valence-electron chi connectivity index (χ4n) is 1.64. The predicted molar refractivity (Wildman–Crippen MR) is 49.4 cm³/mol. The quantitative estimate of drug-likeness (QED) is 0.686. The van der Waals surface area contributed by atoms with Gasteiger partial charge in [-0.2, -0.15) is 0 Å². The highest BCUT2D eigenvalue weighted by Crippen LogP contribution is 2.22. The van der Waals surface area contributed by atoms with Crippen molar-refractivity contribution < 1.29 is 5.11 Å². The van der Waals surface area contributed by atoms with Gasteiger partial charge in [-0.1, -0.05) is 12.1 Å². The fraction of sp³-hybridized carbons (Fsp3) is 0.400. The predicted octanol–water partition coefficient (Wildman–Crippen LogP) is 1.19. The van der Waals surface area contributed by atoms with Gasteiger partial charge in [0.05, 0.1) is 0 Å². The average Bonchev–Trinajstić information content (AvgIpc) is 2.51. The maximum Gasteiger partial charge on any atom is 0.0471 e. The summed E-state index contributed by atoms with van der Waals surface area (Å²) in [5.41, 5.74) is 3.89. The number of hydrogen-bond donors (Lipinski definition) is 2. The third kappa shape index (κ3) is 1.30. The highest BCUT2D eigenvalue weighted by molar-refractivity contribution is 5.56. The molecule has 0 amide bonds. The van der Waals surface area contributed by atoms with Crippen molar-refractivity contribution in [1.29, 1.82) is 0 Å². The second kappa shape index (κ2) is 3.15. The fourth-order valence-corrected chi connectivity index (χ4v) is 1.64. The molecule has 2 rings (SSSR count). The summed E-state index contributed by atoms with van der Waals surface area (Å²) in [5.74, 6) is 0. The molecule has 2 N–H and O–H groups in total. The second-order valence-corrected chi connectivity index (χ2v) is 3.14. The highest BCUT2D eigenvalue weighted by Gasteiger charge is 2.08. The first kappa shape index (κ1) is 7.62. The van der Waals surface area contributed by atoms with Gasteiger partial charge in [0.2, 0.25) is 0 Å². The molecule has 0 aromatic heterocycles. The molecular formula is C10H13NO. The van der Waals surface area contributed by atoms with Crippen LogP contribution in [-0.4, -0.2) is 18.3 Å². The molecule has 1 aliphatic heterocycles. The summed E-state index contributed by atoms with van der Waals surface area (Å²) >= 11 is 0. The first-order valence-electron chi connectivity index (χ1n) is 4.36. The van der Waals surface area contributed by atoms with Gasteiger partial charge in [0.15, 0.2) is 0 Å². The summed E-state index contributed by atoms with van der Waals surface area (Å²) in [6.45, 7) is 1.30. The summed E-state index contributed by atoms with van der Waals surface area (Å²) in [4.78, 5) is 0. The van der Waals surface area contributed by atoms with Crippen LogP contribution < -0.4 is 5.32 Å². The first-order chi connectivity index (χ1) is 5.90. The monoisotopic (exact) mass is 163 g/mol. The summed E-state index contributed by atoms with van der Waals surface area (Å²) in [6.07, 6.45) is 1.89. The molecule has 0 saturated heterocycles. The largest absolute Gasteiger partial charge is 0.396 e. The summed E-state index contributed by atoms with van der Waals surface area (Å²) in [7, 11) is 0. The third-order valence-electron chi connectivity index (χ3n) is 2.28. The molecule has 1 aromatic rings. The molecule has 0 fully saturated rings. The van der Waals surface area contributed by atoms with Crippen molar-refractivity contribution in [2.75, 3.05) is 18.5 Å². The van der Waals surface area contributed by atoms with Gasteiger partial charge in [-0.3, -0.25) is 0 Å². The van der Waals surface area contributed by atoms with Gasteiger partial charge in [-0.15, -0.1) is 0 Å². The molecule has 0 atom stereocenters. The van der Waals surface area contributed by atoms with Crippen LogP contribution in [0.2, 0.25) is 0 Å². The SMILES string of the molecule is OCCc1ccc2c(c1)CCN2. The average molecular weight is 163 g/mol. The molecule has 0 radical (unpaired) electrons. The summed E-state index contributed by atoms with van der Waals surface area (Å²) < 4.78 is 0. The van der Waals surface area contributed by atoms with Crippen LogP contribution >= 0.6 is 0 Å². The van der Waals surface area contributed by atoms with Crippen LogP contribution in [-0.2, 0) is 12.8 Å². The molecule has 0 spiro atoms. The van der Waals surface area contributed by atoms with Crippen LogP contribution in [0.3, 0.4) is 0 Å². The van der Waals surface area contributed by atoms with Gasteiger partial charge < -0.3 is 10.4 Å². The first-order valence-corrected chi connectivity index (χ1v) is 4.36. The number of nitrogens with one attached hydrogen (secondary N) is 1. The van der Waals surface area contributed by atoms with Crippen molar-refractivity contribution in [1.82, 2.24) is 0 Å². The molecule has 64 valence electrons. The number of benzene rings is 1. The van der Waals surface area contributed by atoms with Gasteiger partial charge in [0, 0.05) is 18.8 Å². The molecule has 2 heteroatoms. The zero-order chi connectivity index (χ0) is 8.39. The van der Waals surface area contributed by atoms with Crippen molar-refractivity contribution in [3.05, 3.63) is 29.3 Å². The molecule has 1 aliphatic rings. The second-order valence-electron chi connectivity index (χ2n) is 3.14. The Morgan fingerprint density at radius 3 is 3.17 bits per heavy atom. The number of aliphatic hydroxyl groups is 1. The van der Waals surface area contributed by atoms with E-state index in [1.807, 2.05) is 0 Å². The van der Waals surface area contributed by atoms with Crippen LogP contribution in [0.4, 0.5) is 5.69 Å². The lowest BCUT2D eigenvalue weighted by Gasteiger charge is -2.02. The van der Waals surface area contributed by atoms with E-state index in [1.54, 1.807) is 0 Å². The van der Waals surface area contributed by atoms with E-state index in [4.69, 9.17) is 5.11 Å². The van der Waals surface area contributed by atoms with Crippen molar-refractivity contribution in [2.45, 2.75) is 12.8 Å². The number of anilines is 1. The number of hydrogen-bond acceptors (Lipinski definition) is 2. The van der Waals surface area contributed by atoms with E-state index < -0.39 is 0 Å². The summed E-state index contributed by atoms with van der Waals surface area (Å²) in [5, 5.41) is 12.1. The molecule has 0 aliphatic carbocycles. The Morgan fingerprint density at radius 2 is 2.33 bits per heavy atom. The molecule has 1 aromatic carbocycles. The maximum atomic E-state index is 8.75. The number of rotatable bonds is 2. The van der Waals surface area contributed by atoms with Crippen LogP contribution in [0.1, 0.15) is 11.1 Å². The van der Waals surface area contributed by atoms with E-state index in [9.17, 15) is 0 Å². The lowest BCUT2D eigenvalue weighted by Crippen LogP contribution is -1.91. The van der Waals surface area contributed by atoms with E-state index in [-0.39, 0.29) is 6.61 Å². The zero-order valence-corrected chi connectivity index (χ0v) is 7.01. The van der Waals surface area contributed by atoms with Crippen LogP contribution in [0.5, 0.6) is 0 Å². The minimum absolute atomic E-state index is 0.242. The van der Waals surface area contributed by atoms with E-state index in [0.29, 0.717) is 0 Å². The van der Waals surface area contributed by atoms with Gasteiger partial charge in [0.1, 0.15) is 0 Å². The Kier molecular flexibility index (Phi) is 2.00. The molecular weight excluding hydrogens is 150 g/mol. The van der Waals surface area contributed by atoms with Crippen molar-refractivity contribution in [3.63, 3.8) is 0 Å². The smallest absolute Gasteiger partial charge is 0.0471 e. The molecule has 12 heavy (non-hydrogen) atoms. The molecule has 0 saturated carbocycles. The molecule has 1 heterocycles. The molecule has 2 nitrogen and oxygen atoms in total. The minimum Gasteiger partial charge on any atom is -0.396 e. The lowest BCUT2D eigenvalue weighted by atomic mass is 10.1. The number of fused-ring (bicyclic) bond motifs is 1. The normalized spacial score (nSPS) is 14.1. The van der Waals surface area contributed by atoms with E-state index in [0.717, 1.165) is 19.4 Å². The van der Waals surface area contributed by atoms with Crippen molar-refractivity contribution in [2.24, 2.45) is 0 Å². The minimum atomic E-state index is 0.242. The third-order valence-corrected chi connectivity index (χ3v) is 2.28. The Labute approximate surface area is 72.2 Å². The van der Waals surface area contributed by atoms with Gasteiger partial charge in [0.25, 0.3) is 0 Å². The van der Waals surface area contributed by atoms with Gasteiger partial charge in [-0.05, 0) is 30.0 Å². The van der Waals surface area contributed by atoms with Crippen molar-refractivity contribution >= 4 is 5.69 Å². The Bertz CT molecular complexity index is 283. The van der Waals surface area contributed by atoms with Gasteiger partial charge in [-0.25, -0.2) is 0 Å². The molecule has 0 bridgehead atoms. The van der Waals surface area contributed by atoms with E-state index in [1.165, 1.54) is 16.8 Å². The van der Waals surface area contributed by atoms with Crippen LogP contribution in [0.15, 0.2) is 18.2 Å². The standard InChI is InChI=1S/C10H13NO/c12-6-4-8-1-2-10-9(7-8)3-5-11-10/h1-2,7,11-12H,3-6H2. The summed E-state index contributed by atoms with van der Waals surface area (Å²) in [6, 6.07) is 6.37. The number of aliphatic hydroxyl groups excluding tert-OH is 1. The van der Waals surface area contributed by atoms with Crippen molar-refractivity contribution in [3.8, 4) is 0 Å².